The Morgan fingerprint density at radius 1 is 1.19 bits per heavy atom. The van der Waals surface area contributed by atoms with Gasteiger partial charge in [0.1, 0.15) is 12.4 Å². The van der Waals surface area contributed by atoms with Gasteiger partial charge in [0.15, 0.2) is 11.0 Å². The molecule has 3 rings (SSSR count). The topological polar surface area (TPSA) is 69.0 Å². The number of rotatable bonds is 9. The van der Waals surface area contributed by atoms with Crippen molar-refractivity contribution in [2.24, 2.45) is 0 Å². The summed E-state index contributed by atoms with van der Waals surface area (Å²) in [5, 5.41) is 12.8. The molecular weight excluding hydrogens is 455 g/mol. The van der Waals surface area contributed by atoms with E-state index in [1.165, 1.54) is 11.8 Å². The fraction of sp³-hybridized carbons (Fsp3) is 0.227. The molecule has 1 N–H and O–H groups in total. The highest BCUT2D eigenvalue weighted by molar-refractivity contribution is 7.99. The molecule has 3 aromatic rings. The molecule has 1 heterocycles. The molecule has 0 aliphatic rings. The van der Waals surface area contributed by atoms with Gasteiger partial charge in [-0.05, 0) is 49.2 Å². The van der Waals surface area contributed by atoms with Crippen LogP contribution in [0.2, 0.25) is 10.0 Å². The minimum absolute atomic E-state index is 0.150. The number of carbonyl (C=O) groups excluding carboxylic acids is 1. The molecule has 2 aromatic carbocycles. The lowest BCUT2D eigenvalue weighted by molar-refractivity contribution is -0.113. The van der Waals surface area contributed by atoms with E-state index in [-0.39, 0.29) is 18.3 Å². The molecule has 1 aromatic heterocycles. The Morgan fingerprint density at radius 3 is 2.65 bits per heavy atom. The molecule has 0 atom stereocenters. The number of anilines is 1. The van der Waals surface area contributed by atoms with Crippen LogP contribution < -0.4 is 10.1 Å². The number of allylic oxidation sites excluding steroid dienone is 1. The summed E-state index contributed by atoms with van der Waals surface area (Å²) >= 11 is 13.2. The molecule has 0 fully saturated rings. The molecule has 0 saturated carbocycles. The van der Waals surface area contributed by atoms with Crippen molar-refractivity contribution in [2.45, 2.75) is 32.2 Å². The number of carbonyl (C=O) groups is 1. The Labute approximate surface area is 195 Å². The van der Waals surface area contributed by atoms with E-state index >= 15 is 0 Å². The van der Waals surface area contributed by atoms with Crippen molar-refractivity contribution in [1.82, 2.24) is 14.8 Å². The molecule has 0 unspecified atom stereocenters. The summed E-state index contributed by atoms with van der Waals surface area (Å²) in [4.78, 5) is 12.3. The number of amides is 1. The molecule has 6 nitrogen and oxygen atoms in total. The van der Waals surface area contributed by atoms with E-state index in [4.69, 9.17) is 27.9 Å². The lowest BCUT2D eigenvalue weighted by Crippen LogP contribution is -2.15. The summed E-state index contributed by atoms with van der Waals surface area (Å²) in [6.45, 7) is 8.58. The fourth-order valence-corrected chi connectivity index (χ4v) is 4.10. The van der Waals surface area contributed by atoms with Crippen molar-refractivity contribution in [3.05, 3.63) is 76.0 Å². The number of thioether (sulfide) groups is 1. The Bertz CT molecular complexity index is 1080. The summed E-state index contributed by atoms with van der Waals surface area (Å²) < 4.78 is 7.84. The molecule has 0 aliphatic heterocycles. The van der Waals surface area contributed by atoms with Crippen LogP contribution in [-0.4, -0.2) is 26.4 Å². The molecule has 0 aliphatic carbocycles. The van der Waals surface area contributed by atoms with Crippen molar-refractivity contribution in [1.29, 1.82) is 0 Å². The SMILES string of the molecule is C=CCn1c(COc2cc(C)ccc2C)nnc1SCC(=O)Nc1cc(Cl)cc(Cl)c1. The van der Waals surface area contributed by atoms with Gasteiger partial charge in [-0.3, -0.25) is 9.36 Å². The summed E-state index contributed by atoms with van der Waals surface area (Å²) in [6.07, 6.45) is 1.75. The molecule has 31 heavy (non-hydrogen) atoms. The van der Waals surface area contributed by atoms with Crippen molar-refractivity contribution in [3.63, 3.8) is 0 Å². The third-order valence-electron chi connectivity index (χ3n) is 4.28. The molecule has 0 saturated heterocycles. The zero-order valence-electron chi connectivity index (χ0n) is 17.2. The predicted octanol–water partition coefficient (Wildman–Crippen LogP) is 5.70. The van der Waals surface area contributed by atoms with Crippen LogP contribution in [0.5, 0.6) is 5.75 Å². The first-order valence-corrected chi connectivity index (χ1v) is 11.2. The van der Waals surface area contributed by atoms with Gasteiger partial charge in [-0.15, -0.1) is 16.8 Å². The van der Waals surface area contributed by atoms with Gasteiger partial charge in [-0.25, -0.2) is 0 Å². The van der Waals surface area contributed by atoms with Gasteiger partial charge in [0.25, 0.3) is 0 Å². The minimum Gasteiger partial charge on any atom is -0.485 e. The first-order valence-electron chi connectivity index (χ1n) is 9.47. The highest BCUT2D eigenvalue weighted by Gasteiger charge is 2.15. The number of aromatic nitrogens is 3. The van der Waals surface area contributed by atoms with Gasteiger partial charge in [0.2, 0.25) is 5.91 Å². The van der Waals surface area contributed by atoms with Crippen LogP contribution in [0.3, 0.4) is 0 Å². The van der Waals surface area contributed by atoms with Crippen LogP contribution in [-0.2, 0) is 17.9 Å². The highest BCUT2D eigenvalue weighted by Crippen LogP contribution is 2.24. The molecule has 1 amide bonds. The van der Waals surface area contributed by atoms with Crippen LogP contribution in [0.4, 0.5) is 5.69 Å². The average Bonchev–Trinajstić information content (AvgIpc) is 3.08. The van der Waals surface area contributed by atoms with Gasteiger partial charge < -0.3 is 10.1 Å². The Balaban J connectivity index is 1.64. The van der Waals surface area contributed by atoms with Crippen molar-refractivity contribution in [2.75, 3.05) is 11.1 Å². The zero-order chi connectivity index (χ0) is 22.4. The van der Waals surface area contributed by atoms with Crippen molar-refractivity contribution in [3.8, 4) is 5.75 Å². The van der Waals surface area contributed by atoms with E-state index in [0.717, 1.165) is 16.9 Å². The lowest BCUT2D eigenvalue weighted by atomic mass is 10.1. The van der Waals surface area contributed by atoms with E-state index in [1.807, 2.05) is 36.6 Å². The normalized spacial score (nSPS) is 10.7. The summed E-state index contributed by atoms with van der Waals surface area (Å²) in [5.74, 6) is 1.41. The number of benzene rings is 2. The molecular formula is C22H22Cl2N4O2S. The monoisotopic (exact) mass is 476 g/mol. The van der Waals surface area contributed by atoms with Gasteiger partial charge in [0.05, 0.1) is 5.75 Å². The highest BCUT2D eigenvalue weighted by atomic mass is 35.5. The number of aryl methyl sites for hydroxylation is 2. The first-order chi connectivity index (χ1) is 14.9. The van der Waals surface area contributed by atoms with Crippen molar-refractivity contribution >= 4 is 46.6 Å². The molecule has 0 bridgehead atoms. The summed E-state index contributed by atoms with van der Waals surface area (Å²) in [5.41, 5.74) is 2.71. The zero-order valence-corrected chi connectivity index (χ0v) is 19.5. The maximum atomic E-state index is 12.3. The summed E-state index contributed by atoms with van der Waals surface area (Å²) in [6, 6.07) is 10.9. The maximum absolute atomic E-state index is 12.3. The van der Waals surface area contributed by atoms with Gasteiger partial charge in [-0.1, -0.05) is 53.2 Å². The second-order valence-corrected chi connectivity index (χ2v) is 8.67. The Kier molecular flexibility index (Phi) is 8.01. The predicted molar refractivity (Wildman–Crippen MR) is 126 cm³/mol. The fourth-order valence-electron chi connectivity index (χ4n) is 2.80. The quantitative estimate of drug-likeness (QED) is 0.316. The van der Waals surface area contributed by atoms with Crippen LogP contribution in [0.1, 0.15) is 17.0 Å². The van der Waals surface area contributed by atoms with E-state index in [9.17, 15) is 4.79 Å². The van der Waals surface area contributed by atoms with Crippen LogP contribution >= 0.6 is 35.0 Å². The van der Waals surface area contributed by atoms with Gasteiger partial charge in [-0.2, -0.15) is 0 Å². The van der Waals surface area contributed by atoms with Gasteiger partial charge >= 0.3 is 0 Å². The maximum Gasteiger partial charge on any atom is 0.234 e. The lowest BCUT2D eigenvalue weighted by Gasteiger charge is -2.11. The second-order valence-electron chi connectivity index (χ2n) is 6.85. The Morgan fingerprint density at radius 2 is 1.94 bits per heavy atom. The summed E-state index contributed by atoms with van der Waals surface area (Å²) in [7, 11) is 0. The van der Waals surface area contributed by atoms with E-state index < -0.39 is 0 Å². The van der Waals surface area contributed by atoms with Gasteiger partial charge in [0, 0.05) is 22.3 Å². The smallest absolute Gasteiger partial charge is 0.234 e. The average molecular weight is 477 g/mol. The number of nitrogens with one attached hydrogen (secondary N) is 1. The second kappa shape index (κ2) is 10.7. The van der Waals surface area contributed by atoms with Crippen LogP contribution in [0.25, 0.3) is 0 Å². The van der Waals surface area contributed by atoms with E-state index in [2.05, 4.69) is 22.1 Å². The third kappa shape index (κ3) is 6.50. The van der Waals surface area contributed by atoms with E-state index in [0.29, 0.717) is 33.3 Å². The standard InChI is InChI=1S/C22H22Cl2N4O2S/c1-4-7-28-20(12-30-19-8-14(2)5-6-15(19)3)26-27-22(28)31-13-21(29)25-18-10-16(23)9-17(24)11-18/h4-6,8-11H,1,7,12-13H2,2-3H3,(H,25,29). The number of hydrogen-bond acceptors (Lipinski definition) is 5. The van der Waals surface area contributed by atoms with Crippen LogP contribution in [0, 0.1) is 13.8 Å². The largest absolute Gasteiger partial charge is 0.485 e. The molecule has 9 heteroatoms. The van der Waals surface area contributed by atoms with Crippen LogP contribution in [0.15, 0.2) is 54.2 Å². The Hall–Kier alpha value is -2.48. The number of ether oxygens (including phenoxy) is 1. The third-order valence-corrected chi connectivity index (χ3v) is 5.69. The van der Waals surface area contributed by atoms with E-state index in [1.54, 1.807) is 24.3 Å². The molecule has 0 spiro atoms. The number of halogens is 2. The first kappa shape index (κ1) is 23.2. The van der Waals surface area contributed by atoms with Crippen molar-refractivity contribution < 1.29 is 9.53 Å². The minimum atomic E-state index is -0.204. The number of nitrogens with zero attached hydrogens (tertiary/aromatic N) is 3. The molecule has 162 valence electrons. The molecule has 0 radical (unpaired) electrons. The number of hydrogen-bond donors (Lipinski definition) is 1.